The zero-order valence-electron chi connectivity index (χ0n) is 22.6. The van der Waals surface area contributed by atoms with Crippen LogP contribution in [-0.4, -0.2) is 38.0 Å². The number of methoxy groups -OCH3 is 1. The summed E-state index contributed by atoms with van der Waals surface area (Å²) < 4.78 is 58.4. The highest BCUT2D eigenvalue weighted by Gasteiger charge is 2.50. The van der Waals surface area contributed by atoms with Crippen LogP contribution in [0.5, 0.6) is 5.75 Å². The van der Waals surface area contributed by atoms with Crippen molar-refractivity contribution in [1.82, 2.24) is 5.32 Å². The van der Waals surface area contributed by atoms with E-state index < -0.39 is 47.2 Å². The molecule has 3 atom stereocenters. The van der Waals surface area contributed by atoms with Gasteiger partial charge in [0, 0.05) is 28.8 Å². The third kappa shape index (κ3) is 5.35. The van der Waals surface area contributed by atoms with Crippen molar-refractivity contribution in [2.24, 2.45) is 5.92 Å². The van der Waals surface area contributed by atoms with Gasteiger partial charge in [-0.3, -0.25) is 9.59 Å². The molecular weight excluding hydrogens is 527 g/mol. The molecule has 212 valence electrons. The summed E-state index contributed by atoms with van der Waals surface area (Å²) in [6, 6.07) is 11.7. The number of ether oxygens (including phenoxy) is 3. The number of hydrogen-bond acceptors (Lipinski definition) is 7. The minimum absolute atomic E-state index is 0.00945. The number of esters is 2. The first-order valence-electron chi connectivity index (χ1n) is 12.9. The van der Waals surface area contributed by atoms with Gasteiger partial charge in [0.05, 0.1) is 31.5 Å². The van der Waals surface area contributed by atoms with Crippen LogP contribution in [0.3, 0.4) is 0 Å². The highest BCUT2D eigenvalue weighted by Crippen LogP contribution is 2.50. The summed E-state index contributed by atoms with van der Waals surface area (Å²) in [7, 11) is 1.51. The van der Waals surface area contributed by atoms with E-state index in [1.54, 1.807) is 45.0 Å². The van der Waals surface area contributed by atoms with Gasteiger partial charge in [0.15, 0.2) is 5.78 Å². The monoisotopic (exact) mass is 557 g/mol. The molecular formula is C30H30F3NO6. The van der Waals surface area contributed by atoms with Crippen molar-refractivity contribution in [3.05, 3.63) is 87.8 Å². The van der Waals surface area contributed by atoms with Crippen molar-refractivity contribution < 1.29 is 41.8 Å². The van der Waals surface area contributed by atoms with E-state index in [4.69, 9.17) is 14.2 Å². The van der Waals surface area contributed by atoms with E-state index in [2.05, 4.69) is 5.32 Å². The fraction of sp³-hybridized carbons (Fsp3) is 0.367. The Kier molecular flexibility index (Phi) is 8.37. The van der Waals surface area contributed by atoms with Crippen LogP contribution in [0.2, 0.25) is 0 Å². The molecule has 0 radical (unpaired) electrons. The Morgan fingerprint density at radius 3 is 2.25 bits per heavy atom. The average Bonchev–Trinajstić information content (AvgIpc) is 2.92. The van der Waals surface area contributed by atoms with Gasteiger partial charge >= 0.3 is 18.1 Å². The van der Waals surface area contributed by atoms with Gasteiger partial charge in [0.2, 0.25) is 0 Å². The van der Waals surface area contributed by atoms with Gasteiger partial charge in [0.1, 0.15) is 11.7 Å². The predicted octanol–water partition coefficient (Wildman–Crippen LogP) is 5.43. The van der Waals surface area contributed by atoms with Crippen molar-refractivity contribution in [2.75, 3.05) is 20.3 Å². The Morgan fingerprint density at radius 2 is 1.65 bits per heavy atom. The normalized spacial score (nSPS) is 21.0. The maximum atomic E-state index is 14.3. The number of alkyl halides is 3. The minimum Gasteiger partial charge on any atom is -0.497 e. The Labute approximate surface area is 230 Å². The first-order valence-corrected chi connectivity index (χ1v) is 12.9. The van der Waals surface area contributed by atoms with E-state index in [9.17, 15) is 27.6 Å². The molecule has 0 saturated heterocycles. The van der Waals surface area contributed by atoms with Crippen LogP contribution < -0.4 is 10.1 Å². The second-order valence-corrected chi connectivity index (χ2v) is 9.47. The van der Waals surface area contributed by atoms with E-state index >= 15 is 0 Å². The first-order chi connectivity index (χ1) is 19.0. The smallest absolute Gasteiger partial charge is 0.416 e. The van der Waals surface area contributed by atoms with Gasteiger partial charge in [-0.2, -0.15) is 13.2 Å². The lowest BCUT2D eigenvalue weighted by molar-refractivity contribution is -0.152. The summed E-state index contributed by atoms with van der Waals surface area (Å²) >= 11 is 0. The number of dihydropyridines is 1. The molecule has 4 rings (SSSR count). The van der Waals surface area contributed by atoms with Crippen LogP contribution in [-0.2, 0) is 30.0 Å². The zero-order valence-corrected chi connectivity index (χ0v) is 22.6. The summed E-state index contributed by atoms with van der Waals surface area (Å²) in [5.41, 5.74) is -0.171. The quantitative estimate of drug-likeness (QED) is 0.359. The van der Waals surface area contributed by atoms with Crippen molar-refractivity contribution in [1.29, 1.82) is 0 Å². The number of ketones is 1. The Hall–Kier alpha value is -4.08. The number of hydrogen-bond donors (Lipinski definition) is 1. The van der Waals surface area contributed by atoms with Gasteiger partial charge in [-0.05, 0) is 56.5 Å². The molecule has 2 aromatic carbocycles. The molecule has 1 heterocycles. The molecule has 0 fully saturated rings. The molecule has 0 saturated carbocycles. The van der Waals surface area contributed by atoms with E-state index in [0.29, 0.717) is 17.0 Å². The van der Waals surface area contributed by atoms with Crippen LogP contribution in [0, 0.1) is 5.92 Å². The lowest BCUT2D eigenvalue weighted by atomic mass is 9.66. The predicted molar refractivity (Wildman–Crippen MR) is 139 cm³/mol. The summed E-state index contributed by atoms with van der Waals surface area (Å²) in [6.45, 7) is 4.73. The van der Waals surface area contributed by atoms with E-state index in [1.165, 1.54) is 25.3 Å². The number of allylic oxidation sites excluding steroid dienone is 3. The molecule has 1 aliphatic carbocycles. The highest BCUT2D eigenvalue weighted by atomic mass is 19.4. The topological polar surface area (TPSA) is 90.9 Å². The van der Waals surface area contributed by atoms with Crippen molar-refractivity contribution >= 4 is 17.7 Å². The lowest BCUT2D eigenvalue weighted by Crippen LogP contribution is -2.43. The molecule has 0 aromatic heterocycles. The highest BCUT2D eigenvalue weighted by molar-refractivity contribution is 6.13. The number of rotatable bonds is 7. The van der Waals surface area contributed by atoms with Crippen LogP contribution in [0.4, 0.5) is 13.2 Å². The molecule has 0 spiro atoms. The summed E-state index contributed by atoms with van der Waals surface area (Å²) in [6.07, 6.45) is -4.64. The fourth-order valence-electron chi connectivity index (χ4n) is 5.50. The summed E-state index contributed by atoms with van der Waals surface area (Å²) in [5, 5.41) is 3.09. The molecule has 0 amide bonds. The fourth-order valence-corrected chi connectivity index (χ4v) is 5.50. The number of carbonyl (C=O) groups excluding carboxylic acids is 3. The molecule has 10 heteroatoms. The number of benzene rings is 2. The molecule has 0 unspecified atom stereocenters. The SMILES string of the molecule is CCOC(=O)C1=C(C)NC2=C(C(=O)[C@H](C(=O)OCC)[C@@H](c3ccc(OC)cc3)C2)[C@@H]1c1ccccc1C(F)(F)F. The Bertz CT molecular complexity index is 1380. The molecule has 2 aliphatic rings. The van der Waals surface area contributed by atoms with Crippen molar-refractivity contribution in [3.8, 4) is 5.75 Å². The van der Waals surface area contributed by atoms with E-state index in [1.807, 2.05) is 0 Å². The number of nitrogens with one attached hydrogen (secondary N) is 1. The van der Waals surface area contributed by atoms with Crippen LogP contribution in [0.25, 0.3) is 0 Å². The molecule has 0 bridgehead atoms. The van der Waals surface area contributed by atoms with Gasteiger partial charge in [-0.1, -0.05) is 30.3 Å². The van der Waals surface area contributed by atoms with Crippen LogP contribution >= 0.6 is 0 Å². The molecule has 1 aliphatic heterocycles. The van der Waals surface area contributed by atoms with Gasteiger partial charge in [-0.25, -0.2) is 4.79 Å². The summed E-state index contributed by atoms with van der Waals surface area (Å²) in [5.74, 6) is -5.17. The van der Waals surface area contributed by atoms with E-state index in [0.717, 1.165) is 6.07 Å². The van der Waals surface area contributed by atoms with Gasteiger partial charge in [-0.15, -0.1) is 0 Å². The molecule has 2 aromatic rings. The third-order valence-electron chi connectivity index (χ3n) is 7.18. The first kappa shape index (κ1) is 28.9. The number of carbonyl (C=O) groups is 3. The average molecular weight is 558 g/mol. The molecule has 7 nitrogen and oxygen atoms in total. The molecule has 40 heavy (non-hydrogen) atoms. The van der Waals surface area contributed by atoms with Crippen molar-refractivity contribution in [3.63, 3.8) is 0 Å². The molecule has 1 N–H and O–H groups in total. The van der Waals surface area contributed by atoms with Gasteiger partial charge < -0.3 is 19.5 Å². The van der Waals surface area contributed by atoms with Gasteiger partial charge in [0.25, 0.3) is 0 Å². The zero-order chi connectivity index (χ0) is 29.2. The van der Waals surface area contributed by atoms with Crippen molar-refractivity contribution in [2.45, 2.75) is 45.2 Å². The third-order valence-corrected chi connectivity index (χ3v) is 7.18. The largest absolute Gasteiger partial charge is 0.497 e. The lowest BCUT2D eigenvalue weighted by Gasteiger charge is -2.40. The standard InChI is InChI=1S/C30H30F3NO6/c1-5-39-28(36)23-16(3)34-22-15-20(17-11-13-18(38-4)14-12-17)25(29(37)40-6-2)27(35)26(22)24(23)19-9-7-8-10-21(19)30(31,32)33/h7-14,20,24-25,34H,5-6,15H2,1-4H3/t20-,24-,25-/m1/s1. The van der Waals surface area contributed by atoms with Crippen LogP contribution in [0.15, 0.2) is 71.1 Å². The number of halogens is 3. The van der Waals surface area contributed by atoms with E-state index in [-0.39, 0.29) is 42.0 Å². The minimum atomic E-state index is -4.76. The second-order valence-electron chi connectivity index (χ2n) is 9.47. The second kappa shape index (κ2) is 11.6. The Balaban J connectivity index is 1.95. The van der Waals surface area contributed by atoms with Crippen LogP contribution in [0.1, 0.15) is 55.7 Å². The number of Topliss-reactive ketones (excluding diaryl/α,β-unsaturated/α-hetero) is 1. The maximum absolute atomic E-state index is 14.3. The summed E-state index contributed by atoms with van der Waals surface area (Å²) in [4.78, 5) is 40.7. The maximum Gasteiger partial charge on any atom is 0.416 e. The Morgan fingerprint density at radius 1 is 1.00 bits per heavy atom.